The molecular formula is C22H21N3O4S. The highest BCUT2D eigenvalue weighted by Crippen LogP contribution is 2.18. The Morgan fingerprint density at radius 1 is 0.967 bits per heavy atom. The van der Waals surface area contributed by atoms with E-state index in [1.54, 1.807) is 66.7 Å². The number of ether oxygens (including phenoxy) is 1. The van der Waals surface area contributed by atoms with Crippen LogP contribution < -0.4 is 20.1 Å². The van der Waals surface area contributed by atoms with Crippen LogP contribution in [0.3, 0.4) is 0 Å². The predicted molar refractivity (Wildman–Crippen MR) is 117 cm³/mol. The highest BCUT2D eigenvalue weighted by atomic mass is 32.2. The van der Waals surface area contributed by atoms with Gasteiger partial charge in [0.05, 0.1) is 12.4 Å². The number of nitrogens with zero attached hydrogens (tertiary/aromatic N) is 1. The minimum absolute atomic E-state index is 0.103. The van der Waals surface area contributed by atoms with Gasteiger partial charge in [-0.1, -0.05) is 0 Å². The van der Waals surface area contributed by atoms with Crippen LogP contribution in [0.2, 0.25) is 0 Å². The van der Waals surface area contributed by atoms with Gasteiger partial charge in [-0.05, 0) is 73.3 Å². The molecule has 154 valence electrons. The fourth-order valence-corrected chi connectivity index (χ4v) is 3.28. The summed E-state index contributed by atoms with van der Waals surface area (Å²) in [5, 5.41) is 17.6. The number of thioether (sulfide) groups is 1. The van der Waals surface area contributed by atoms with E-state index >= 15 is 0 Å². The summed E-state index contributed by atoms with van der Waals surface area (Å²) in [6, 6.07) is 18.7. The second kappa shape index (κ2) is 10.3. The van der Waals surface area contributed by atoms with Gasteiger partial charge in [-0.15, -0.1) is 0 Å². The molecule has 0 atom stereocenters. The molecule has 0 aliphatic rings. The lowest BCUT2D eigenvalue weighted by Gasteiger charge is -2.09. The molecule has 0 saturated heterocycles. The largest absolute Gasteiger partial charge is 0.618 e. The van der Waals surface area contributed by atoms with E-state index in [1.807, 2.05) is 6.92 Å². The maximum atomic E-state index is 12.4. The van der Waals surface area contributed by atoms with E-state index in [2.05, 4.69) is 10.6 Å². The molecule has 0 radical (unpaired) electrons. The SMILES string of the molecule is CCOc1ccc(NC(=O)c2ccc(NC(=O)CSc3cccc[n+]3[O-])cc2)cc1. The third kappa shape index (κ3) is 5.99. The average molecular weight is 423 g/mol. The Kier molecular flexibility index (Phi) is 7.29. The van der Waals surface area contributed by atoms with Crippen molar-refractivity contribution in [3.8, 4) is 5.75 Å². The second-order valence-corrected chi connectivity index (χ2v) is 7.19. The lowest BCUT2D eigenvalue weighted by molar-refractivity contribution is -0.645. The van der Waals surface area contributed by atoms with E-state index in [0.717, 1.165) is 22.2 Å². The summed E-state index contributed by atoms with van der Waals surface area (Å²) < 4.78 is 6.10. The normalized spacial score (nSPS) is 10.3. The maximum absolute atomic E-state index is 12.4. The number of carbonyl (C=O) groups excluding carboxylic acids is 2. The first kappa shape index (κ1) is 21.2. The smallest absolute Gasteiger partial charge is 0.255 e. The number of carbonyl (C=O) groups is 2. The topological polar surface area (TPSA) is 94.4 Å². The van der Waals surface area contributed by atoms with Gasteiger partial charge in [0.1, 0.15) is 5.75 Å². The Morgan fingerprint density at radius 2 is 1.63 bits per heavy atom. The van der Waals surface area contributed by atoms with Crippen molar-refractivity contribution in [1.29, 1.82) is 0 Å². The van der Waals surface area contributed by atoms with Gasteiger partial charge in [-0.2, -0.15) is 4.73 Å². The molecule has 0 aliphatic carbocycles. The van der Waals surface area contributed by atoms with E-state index in [-0.39, 0.29) is 17.6 Å². The fourth-order valence-electron chi connectivity index (χ4n) is 2.57. The number of benzene rings is 2. The molecular weight excluding hydrogens is 402 g/mol. The lowest BCUT2D eigenvalue weighted by atomic mass is 10.2. The first-order valence-corrected chi connectivity index (χ1v) is 10.3. The number of hydrogen-bond donors (Lipinski definition) is 2. The Morgan fingerprint density at radius 3 is 2.30 bits per heavy atom. The first-order chi connectivity index (χ1) is 14.5. The highest BCUT2D eigenvalue weighted by molar-refractivity contribution is 7.99. The van der Waals surface area contributed by atoms with E-state index in [0.29, 0.717) is 28.6 Å². The summed E-state index contributed by atoms with van der Waals surface area (Å²) in [5.74, 6) is 0.352. The summed E-state index contributed by atoms with van der Waals surface area (Å²) in [6.07, 6.45) is 1.39. The number of hydrogen-bond acceptors (Lipinski definition) is 5. The van der Waals surface area contributed by atoms with Crippen LogP contribution in [0.15, 0.2) is 78.0 Å². The molecule has 3 rings (SSSR count). The number of pyridine rings is 1. The van der Waals surface area contributed by atoms with Crippen LogP contribution in [0.4, 0.5) is 11.4 Å². The van der Waals surface area contributed by atoms with Gasteiger partial charge in [0.15, 0.2) is 6.20 Å². The molecule has 0 unspecified atom stereocenters. The van der Waals surface area contributed by atoms with Crippen molar-refractivity contribution < 1.29 is 19.1 Å². The minimum Gasteiger partial charge on any atom is -0.618 e. The zero-order valence-corrected chi connectivity index (χ0v) is 17.1. The molecule has 0 bridgehead atoms. The molecule has 30 heavy (non-hydrogen) atoms. The third-order valence-electron chi connectivity index (χ3n) is 3.99. The van der Waals surface area contributed by atoms with Crippen LogP contribution in [-0.2, 0) is 4.79 Å². The Hall–Kier alpha value is -3.52. The van der Waals surface area contributed by atoms with Crippen LogP contribution in [0, 0.1) is 5.21 Å². The zero-order chi connectivity index (χ0) is 21.3. The Labute approximate surface area is 178 Å². The zero-order valence-electron chi connectivity index (χ0n) is 16.3. The van der Waals surface area contributed by atoms with Crippen LogP contribution in [0.1, 0.15) is 17.3 Å². The molecule has 1 heterocycles. The Balaban J connectivity index is 1.51. The molecule has 3 aromatic rings. The predicted octanol–water partition coefficient (Wildman–Crippen LogP) is 3.70. The summed E-state index contributed by atoms with van der Waals surface area (Å²) in [7, 11) is 0. The van der Waals surface area contributed by atoms with Crippen molar-refractivity contribution in [1.82, 2.24) is 0 Å². The van der Waals surface area contributed by atoms with Crippen molar-refractivity contribution in [3.05, 3.63) is 83.7 Å². The van der Waals surface area contributed by atoms with Gasteiger partial charge in [0.2, 0.25) is 5.91 Å². The van der Waals surface area contributed by atoms with Crippen LogP contribution >= 0.6 is 11.8 Å². The fraction of sp³-hybridized carbons (Fsp3) is 0.136. The second-order valence-electron chi connectivity index (χ2n) is 6.19. The van der Waals surface area contributed by atoms with Crippen molar-refractivity contribution in [2.75, 3.05) is 23.0 Å². The number of amides is 2. The first-order valence-electron chi connectivity index (χ1n) is 9.30. The standard InChI is InChI=1S/C22H21N3O4S/c1-2-29-19-12-10-18(11-13-19)24-22(27)16-6-8-17(9-7-16)23-20(26)15-30-21-5-3-4-14-25(21)28/h3-14H,2,15H2,1H3,(H,23,26)(H,24,27). The molecule has 2 aromatic carbocycles. The van der Waals surface area contributed by atoms with E-state index in [9.17, 15) is 14.8 Å². The molecule has 0 aliphatic heterocycles. The van der Waals surface area contributed by atoms with Gasteiger partial charge in [0, 0.05) is 29.1 Å². The third-order valence-corrected chi connectivity index (χ3v) is 5.01. The van der Waals surface area contributed by atoms with Crippen LogP contribution in [-0.4, -0.2) is 24.2 Å². The van der Waals surface area contributed by atoms with Crippen molar-refractivity contribution in [2.45, 2.75) is 11.9 Å². The van der Waals surface area contributed by atoms with Gasteiger partial charge in [-0.25, -0.2) is 0 Å². The van der Waals surface area contributed by atoms with E-state index in [1.165, 1.54) is 6.20 Å². The van der Waals surface area contributed by atoms with Gasteiger partial charge >= 0.3 is 0 Å². The van der Waals surface area contributed by atoms with Crippen LogP contribution in [0.25, 0.3) is 0 Å². The number of aromatic nitrogens is 1. The lowest BCUT2D eigenvalue weighted by Crippen LogP contribution is -2.28. The number of rotatable bonds is 8. The number of nitrogens with one attached hydrogen (secondary N) is 2. The number of anilines is 2. The summed E-state index contributed by atoms with van der Waals surface area (Å²) in [6.45, 7) is 2.49. The highest BCUT2D eigenvalue weighted by Gasteiger charge is 2.10. The van der Waals surface area contributed by atoms with Crippen molar-refractivity contribution >= 4 is 35.0 Å². The molecule has 2 amide bonds. The Bertz CT molecular complexity index is 1010. The molecule has 2 N–H and O–H groups in total. The van der Waals surface area contributed by atoms with Crippen molar-refractivity contribution in [3.63, 3.8) is 0 Å². The minimum atomic E-state index is -0.253. The summed E-state index contributed by atoms with van der Waals surface area (Å²) in [5.41, 5.74) is 1.70. The molecule has 0 saturated carbocycles. The molecule has 8 heteroatoms. The quantitative estimate of drug-likeness (QED) is 0.327. The van der Waals surface area contributed by atoms with Gasteiger partial charge < -0.3 is 20.6 Å². The molecule has 0 fully saturated rings. The van der Waals surface area contributed by atoms with Crippen molar-refractivity contribution in [2.24, 2.45) is 0 Å². The summed E-state index contributed by atoms with van der Waals surface area (Å²) in [4.78, 5) is 24.5. The average Bonchev–Trinajstić information content (AvgIpc) is 2.75. The molecule has 7 nitrogen and oxygen atoms in total. The summed E-state index contributed by atoms with van der Waals surface area (Å²) >= 11 is 1.15. The monoisotopic (exact) mass is 423 g/mol. The van der Waals surface area contributed by atoms with E-state index in [4.69, 9.17) is 4.74 Å². The molecule has 1 aromatic heterocycles. The van der Waals surface area contributed by atoms with Gasteiger partial charge in [-0.3, -0.25) is 9.59 Å². The van der Waals surface area contributed by atoms with Gasteiger partial charge in [0.25, 0.3) is 10.9 Å². The van der Waals surface area contributed by atoms with E-state index < -0.39 is 0 Å². The molecule has 0 spiro atoms. The van der Waals surface area contributed by atoms with Crippen LogP contribution in [0.5, 0.6) is 5.75 Å². The maximum Gasteiger partial charge on any atom is 0.255 e.